The van der Waals surface area contributed by atoms with Crippen LogP contribution in [0.3, 0.4) is 0 Å². The van der Waals surface area contributed by atoms with E-state index < -0.39 is 38.3 Å². The smallest absolute Gasteiger partial charge is 0.257 e. The zero-order valence-electron chi connectivity index (χ0n) is 22.7. The summed E-state index contributed by atoms with van der Waals surface area (Å²) in [6.07, 6.45) is 2.42. The summed E-state index contributed by atoms with van der Waals surface area (Å²) in [6.45, 7) is 2.54. The van der Waals surface area contributed by atoms with Gasteiger partial charge >= 0.3 is 0 Å². The van der Waals surface area contributed by atoms with Crippen LogP contribution in [0.25, 0.3) is 0 Å². The predicted molar refractivity (Wildman–Crippen MR) is 153 cm³/mol. The predicted octanol–water partition coefficient (Wildman–Crippen LogP) is 5.41. The molecule has 41 heavy (non-hydrogen) atoms. The topological polar surface area (TPSA) is 104 Å². The lowest BCUT2D eigenvalue weighted by atomic mass is 9.88. The van der Waals surface area contributed by atoms with Crippen molar-refractivity contribution in [2.24, 2.45) is 5.41 Å². The molecule has 11 heteroatoms. The van der Waals surface area contributed by atoms with Crippen LogP contribution >= 0.6 is 23.2 Å². The summed E-state index contributed by atoms with van der Waals surface area (Å²) in [5, 5.41) is 21.3. The molecule has 0 aromatic heterocycles. The molecule has 1 aliphatic carbocycles. The lowest BCUT2D eigenvalue weighted by molar-refractivity contribution is -0.130. The second-order valence-electron chi connectivity index (χ2n) is 11.5. The average molecular weight is 623 g/mol. The Morgan fingerprint density at radius 3 is 2.24 bits per heavy atom. The SMILES string of the molecule is CC(C)(O)c1cc(F)c2c(c1)C(=O)N(Cc1ccc(Cl)cc1S(C)(=O)=O)[C@@]2(OCC1(CO)CC1)c1ccc(Cl)cc1. The molecular formula is C30H30Cl2FNO6S. The summed E-state index contributed by atoms with van der Waals surface area (Å²) in [5.41, 5.74) is -3.12. The van der Waals surface area contributed by atoms with Gasteiger partial charge in [-0.15, -0.1) is 0 Å². The number of hydrogen-bond acceptors (Lipinski definition) is 6. The third-order valence-corrected chi connectivity index (χ3v) is 9.53. The summed E-state index contributed by atoms with van der Waals surface area (Å²) in [4.78, 5) is 15.5. The second-order valence-corrected chi connectivity index (χ2v) is 14.3. The van der Waals surface area contributed by atoms with Gasteiger partial charge in [-0.2, -0.15) is 0 Å². The molecule has 0 radical (unpaired) electrons. The molecule has 1 saturated carbocycles. The molecule has 1 amide bonds. The minimum Gasteiger partial charge on any atom is -0.396 e. The van der Waals surface area contributed by atoms with Crippen LogP contribution in [0.2, 0.25) is 10.0 Å². The highest BCUT2D eigenvalue weighted by Crippen LogP contribution is 2.52. The molecule has 1 fully saturated rings. The fourth-order valence-corrected chi connectivity index (χ4v) is 6.56. The van der Waals surface area contributed by atoms with Crippen LogP contribution in [0.5, 0.6) is 0 Å². The van der Waals surface area contributed by atoms with Gasteiger partial charge < -0.3 is 14.9 Å². The van der Waals surface area contributed by atoms with Crippen LogP contribution < -0.4 is 0 Å². The van der Waals surface area contributed by atoms with E-state index in [-0.39, 0.29) is 51.9 Å². The number of amides is 1. The Balaban J connectivity index is 1.79. The molecule has 218 valence electrons. The average Bonchev–Trinajstić information content (AvgIpc) is 3.64. The zero-order chi connectivity index (χ0) is 30.0. The highest BCUT2D eigenvalue weighted by atomic mass is 35.5. The number of ether oxygens (including phenoxy) is 1. The Morgan fingerprint density at radius 2 is 1.68 bits per heavy atom. The van der Waals surface area contributed by atoms with Crippen LogP contribution in [0.4, 0.5) is 4.39 Å². The summed E-state index contributed by atoms with van der Waals surface area (Å²) in [6, 6.07) is 13.4. The molecule has 0 unspecified atom stereocenters. The van der Waals surface area contributed by atoms with E-state index in [1.54, 1.807) is 24.3 Å². The number of halogens is 3. The maximum Gasteiger partial charge on any atom is 0.257 e. The van der Waals surface area contributed by atoms with Crippen molar-refractivity contribution in [3.8, 4) is 0 Å². The van der Waals surface area contributed by atoms with Crippen molar-refractivity contribution < 1.29 is 32.6 Å². The normalized spacial score (nSPS) is 19.9. The monoisotopic (exact) mass is 621 g/mol. The van der Waals surface area contributed by atoms with Gasteiger partial charge in [0.25, 0.3) is 5.91 Å². The van der Waals surface area contributed by atoms with E-state index in [9.17, 15) is 23.4 Å². The van der Waals surface area contributed by atoms with Gasteiger partial charge in [0.1, 0.15) is 5.82 Å². The van der Waals surface area contributed by atoms with Gasteiger partial charge in [0.2, 0.25) is 0 Å². The lowest BCUT2D eigenvalue weighted by Crippen LogP contribution is -2.48. The third kappa shape index (κ3) is 5.40. The van der Waals surface area contributed by atoms with Crippen LogP contribution in [0.1, 0.15) is 59.3 Å². The number of rotatable bonds is 9. The van der Waals surface area contributed by atoms with E-state index in [0.29, 0.717) is 23.4 Å². The van der Waals surface area contributed by atoms with Gasteiger partial charge in [-0.25, -0.2) is 12.8 Å². The van der Waals surface area contributed by atoms with Gasteiger partial charge in [0, 0.05) is 27.3 Å². The lowest BCUT2D eigenvalue weighted by Gasteiger charge is -2.40. The minimum atomic E-state index is -3.77. The Labute approximate surface area is 248 Å². The number of aliphatic hydroxyl groups is 2. The molecule has 0 spiro atoms. The number of carbonyl (C=O) groups is 1. The van der Waals surface area contributed by atoms with Crippen molar-refractivity contribution in [1.82, 2.24) is 4.90 Å². The number of aliphatic hydroxyl groups excluding tert-OH is 1. The fraction of sp³-hybridized carbons (Fsp3) is 0.367. The Morgan fingerprint density at radius 1 is 1.05 bits per heavy atom. The first-order valence-corrected chi connectivity index (χ1v) is 15.6. The molecule has 2 N–H and O–H groups in total. The summed E-state index contributed by atoms with van der Waals surface area (Å²) in [5.74, 6) is -1.40. The van der Waals surface area contributed by atoms with Crippen molar-refractivity contribution in [3.05, 3.63) is 98.3 Å². The number of sulfone groups is 1. The van der Waals surface area contributed by atoms with Crippen molar-refractivity contribution in [2.75, 3.05) is 19.5 Å². The number of carbonyl (C=O) groups excluding carboxylic acids is 1. The minimum absolute atomic E-state index is 0.00157. The molecule has 3 aromatic rings. The van der Waals surface area contributed by atoms with E-state index in [2.05, 4.69) is 0 Å². The summed E-state index contributed by atoms with van der Waals surface area (Å²) in [7, 11) is -3.77. The third-order valence-electron chi connectivity index (χ3n) is 7.86. The number of fused-ring (bicyclic) bond motifs is 1. The summed E-state index contributed by atoms with van der Waals surface area (Å²) < 4.78 is 48.4. The number of hydrogen-bond donors (Lipinski definition) is 2. The molecule has 1 aliphatic heterocycles. The Hall–Kier alpha value is -2.53. The largest absolute Gasteiger partial charge is 0.396 e. The van der Waals surface area contributed by atoms with Crippen LogP contribution in [0.15, 0.2) is 59.5 Å². The highest BCUT2D eigenvalue weighted by Gasteiger charge is 2.56. The van der Waals surface area contributed by atoms with Crippen molar-refractivity contribution in [1.29, 1.82) is 0 Å². The Bertz CT molecular complexity index is 1630. The van der Waals surface area contributed by atoms with Crippen molar-refractivity contribution in [2.45, 2.75) is 49.5 Å². The molecule has 7 nitrogen and oxygen atoms in total. The number of nitrogens with zero attached hydrogens (tertiary/aromatic N) is 1. The standard InChI is InChI=1S/C30H30Cl2FNO6S/c1-28(2,37)20-12-23-26(24(33)13-20)30(19-5-8-21(31)9-6-19,40-17-29(16-35)10-11-29)34(27(23)36)15-18-4-7-22(32)14-25(18)41(3,38)39/h4-9,12-14,35,37H,10-11,15-17H2,1-3H3/t30-/m1/s1. The molecule has 3 aromatic carbocycles. The van der Waals surface area contributed by atoms with Gasteiger partial charge in [-0.05, 0) is 74.2 Å². The van der Waals surface area contributed by atoms with Crippen molar-refractivity contribution in [3.63, 3.8) is 0 Å². The highest BCUT2D eigenvalue weighted by molar-refractivity contribution is 7.90. The van der Waals surface area contributed by atoms with Gasteiger partial charge in [-0.1, -0.05) is 41.4 Å². The van der Waals surface area contributed by atoms with Crippen molar-refractivity contribution >= 4 is 38.9 Å². The molecule has 0 saturated heterocycles. The van der Waals surface area contributed by atoms with E-state index in [0.717, 1.165) is 6.26 Å². The first kappa shape index (κ1) is 29.9. The van der Waals surface area contributed by atoms with E-state index >= 15 is 4.39 Å². The van der Waals surface area contributed by atoms with Gasteiger partial charge in [-0.3, -0.25) is 9.69 Å². The number of benzene rings is 3. The second kappa shape index (κ2) is 10.3. The van der Waals surface area contributed by atoms with E-state index in [1.807, 2.05) is 0 Å². The quantitative estimate of drug-likeness (QED) is 0.331. The molecular weight excluding hydrogens is 592 g/mol. The van der Waals surface area contributed by atoms with Gasteiger partial charge in [0.15, 0.2) is 15.6 Å². The van der Waals surface area contributed by atoms with E-state index in [1.165, 1.54) is 49.1 Å². The van der Waals surface area contributed by atoms with E-state index in [4.69, 9.17) is 27.9 Å². The van der Waals surface area contributed by atoms with Crippen LogP contribution in [-0.2, 0) is 32.4 Å². The zero-order valence-corrected chi connectivity index (χ0v) is 25.1. The molecule has 1 heterocycles. The van der Waals surface area contributed by atoms with Gasteiger partial charge in [0.05, 0.1) is 41.4 Å². The van der Waals surface area contributed by atoms with Crippen LogP contribution in [0, 0.1) is 11.2 Å². The maximum absolute atomic E-state index is 16.3. The molecule has 0 bridgehead atoms. The summed E-state index contributed by atoms with van der Waals surface area (Å²) >= 11 is 12.3. The molecule has 2 aliphatic rings. The van der Waals surface area contributed by atoms with Crippen LogP contribution in [-0.4, -0.2) is 48.9 Å². The first-order chi connectivity index (χ1) is 19.1. The maximum atomic E-state index is 16.3. The first-order valence-electron chi connectivity index (χ1n) is 13.0. The fourth-order valence-electron chi connectivity index (χ4n) is 5.25. The Kier molecular flexibility index (Phi) is 7.54. The molecule has 1 atom stereocenters. The molecule has 5 rings (SSSR count).